The number of fused-ring (bicyclic) bond motifs is 7. The Balaban J connectivity index is 0.00000410. The summed E-state index contributed by atoms with van der Waals surface area (Å²) in [5.74, 6) is 2.82. The van der Waals surface area contributed by atoms with Gasteiger partial charge in [0.15, 0.2) is 0 Å². The number of rotatable bonds is 5. The maximum Gasteiger partial charge on any atom is 0.135 e. The Morgan fingerprint density at radius 1 is 0.571 bits per heavy atom. The topological polar surface area (TPSA) is 44.7 Å². The van der Waals surface area contributed by atoms with E-state index in [1.807, 2.05) is 48.7 Å². The van der Waals surface area contributed by atoms with Crippen molar-refractivity contribution in [2.75, 3.05) is 14.7 Å². The van der Waals surface area contributed by atoms with Gasteiger partial charge in [-0.1, -0.05) is 105 Å². The average molecular weight is 906 g/mol. The zero-order valence-electron chi connectivity index (χ0n) is 31.0. The minimum absolute atomic E-state index is 0. The number of pyridine rings is 2. The van der Waals surface area contributed by atoms with Crippen LogP contribution in [0, 0.1) is 18.8 Å². The summed E-state index contributed by atoms with van der Waals surface area (Å²) in [4.78, 5) is 16.4. The van der Waals surface area contributed by atoms with Crippen molar-refractivity contribution in [1.29, 1.82) is 0 Å². The zero-order chi connectivity index (χ0) is 37.1. The number of aromatic nitrogens is 2. The number of nitrogens with zero attached hydrogens (tertiary/aromatic N) is 5. The summed E-state index contributed by atoms with van der Waals surface area (Å²) < 4.78 is 6.65. The van der Waals surface area contributed by atoms with Crippen LogP contribution in [0.15, 0.2) is 158 Å². The van der Waals surface area contributed by atoms with Crippen molar-refractivity contribution in [2.24, 2.45) is 0 Å². The second kappa shape index (κ2) is 14.1. The van der Waals surface area contributed by atoms with E-state index in [-0.39, 0.29) is 26.5 Å². The number of hydrogen-bond donors (Lipinski definition) is 0. The van der Waals surface area contributed by atoms with Crippen LogP contribution < -0.4 is 19.4 Å². The number of benzene rings is 6. The molecule has 0 saturated heterocycles. The van der Waals surface area contributed by atoms with Crippen molar-refractivity contribution >= 4 is 51.0 Å². The zero-order valence-corrected chi connectivity index (χ0v) is 33.3. The normalized spacial score (nSPS) is 12.9. The van der Waals surface area contributed by atoms with E-state index >= 15 is 0 Å². The predicted octanol–water partition coefficient (Wildman–Crippen LogP) is 12.8. The SMILES string of the molecule is CC(C)(C)c1ccnc(N2c3[c-]c(Oc4[c-]c(N5[CH-]N(c6ccc7ccccc7n6)c6ccccc65)ccc4)ccc3-c3ccccc3-c3ccccc32)c1.[Pt]. The third-order valence-corrected chi connectivity index (χ3v) is 10.3. The molecule has 2 aliphatic rings. The Labute approximate surface area is 341 Å². The fourth-order valence-corrected chi connectivity index (χ4v) is 7.56. The molecular formula is C49H36N5OPt-3. The molecule has 4 heterocycles. The van der Waals surface area contributed by atoms with Gasteiger partial charge in [0.25, 0.3) is 0 Å². The van der Waals surface area contributed by atoms with Gasteiger partial charge in [0, 0.05) is 61.1 Å². The largest absolute Gasteiger partial charge is 0.509 e. The molecule has 0 spiro atoms. The van der Waals surface area contributed by atoms with Gasteiger partial charge < -0.3 is 19.4 Å². The first-order valence-electron chi connectivity index (χ1n) is 18.5. The van der Waals surface area contributed by atoms with Crippen molar-refractivity contribution in [3.05, 3.63) is 182 Å². The summed E-state index contributed by atoms with van der Waals surface area (Å²) in [6.07, 6.45) is 1.90. The third-order valence-electron chi connectivity index (χ3n) is 10.3. The second-order valence-corrected chi connectivity index (χ2v) is 14.8. The van der Waals surface area contributed by atoms with E-state index in [0.29, 0.717) is 11.5 Å². The molecule has 7 heteroatoms. The first kappa shape index (κ1) is 35.5. The van der Waals surface area contributed by atoms with Gasteiger partial charge in [-0.25, -0.2) is 9.97 Å². The van der Waals surface area contributed by atoms with E-state index in [9.17, 15) is 0 Å². The van der Waals surface area contributed by atoms with E-state index in [1.54, 1.807) is 0 Å². The molecule has 0 radical (unpaired) electrons. The summed E-state index contributed by atoms with van der Waals surface area (Å²) in [5.41, 5.74) is 11.4. The quantitative estimate of drug-likeness (QED) is 0.160. The maximum absolute atomic E-state index is 6.65. The van der Waals surface area contributed by atoms with Crippen molar-refractivity contribution < 1.29 is 25.8 Å². The van der Waals surface area contributed by atoms with Gasteiger partial charge in [-0.3, -0.25) is 0 Å². The molecule has 0 amide bonds. The van der Waals surface area contributed by atoms with Crippen molar-refractivity contribution in [3.63, 3.8) is 0 Å². The number of ether oxygens (including phenoxy) is 1. The van der Waals surface area contributed by atoms with Crippen molar-refractivity contribution in [1.82, 2.24) is 9.97 Å². The van der Waals surface area contributed by atoms with Crippen LogP contribution in [-0.2, 0) is 26.5 Å². The van der Waals surface area contributed by atoms with E-state index in [0.717, 1.165) is 73.2 Å². The summed E-state index contributed by atoms with van der Waals surface area (Å²) >= 11 is 0. The van der Waals surface area contributed by atoms with Gasteiger partial charge in [0.05, 0.1) is 11.2 Å². The monoisotopic (exact) mass is 905 g/mol. The number of anilines is 7. The Morgan fingerprint density at radius 2 is 1.25 bits per heavy atom. The maximum atomic E-state index is 6.65. The van der Waals surface area contributed by atoms with E-state index < -0.39 is 0 Å². The van der Waals surface area contributed by atoms with E-state index in [4.69, 9.17) is 14.7 Å². The van der Waals surface area contributed by atoms with Crippen LogP contribution in [0.25, 0.3) is 33.2 Å². The summed E-state index contributed by atoms with van der Waals surface area (Å²) in [6.45, 7) is 8.75. The van der Waals surface area contributed by atoms with Crippen molar-refractivity contribution in [2.45, 2.75) is 26.2 Å². The molecule has 2 aliphatic heterocycles. The van der Waals surface area contributed by atoms with Crippen LogP contribution in [0.2, 0.25) is 0 Å². The molecule has 8 aromatic rings. The van der Waals surface area contributed by atoms with Gasteiger partial charge in [0.2, 0.25) is 0 Å². The van der Waals surface area contributed by atoms with Crippen LogP contribution in [0.1, 0.15) is 26.3 Å². The molecule has 0 N–H and O–H groups in total. The van der Waals surface area contributed by atoms with E-state index in [2.05, 4.69) is 163 Å². The molecule has 10 rings (SSSR count). The minimum Gasteiger partial charge on any atom is -0.509 e. The number of hydrogen-bond acceptors (Lipinski definition) is 6. The van der Waals surface area contributed by atoms with Gasteiger partial charge in [-0.15, -0.1) is 48.3 Å². The number of para-hydroxylation sites is 4. The van der Waals surface area contributed by atoms with Crippen LogP contribution >= 0.6 is 0 Å². The minimum atomic E-state index is -0.0549. The smallest absolute Gasteiger partial charge is 0.135 e. The van der Waals surface area contributed by atoms with Gasteiger partial charge >= 0.3 is 0 Å². The molecule has 0 unspecified atom stereocenters. The summed E-state index contributed by atoms with van der Waals surface area (Å²) in [5, 5.41) is 1.11. The standard InChI is InChI=1S/C49H36N5O.Pt/c1-49(2,3)34-27-28-50-48(29-34)54-43-20-9-7-18-40(43)38-16-5-6-17-39(38)41-25-24-37(31-46(41)54)55-36-15-12-14-35(30-36)52-32-53(45-22-11-10-21-44(45)52)47-26-23-33-13-4-8-19-42(33)51-47;/h4-29,32H,1-3H3;/q-3;. The van der Waals surface area contributed by atoms with Gasteiger partial charge in [-0.2, -0.15) is 12.1 Å². The fraction of sp³-hybridized carbons (Fsp3) is 0.0816. The first-order chi connectivity index (χ1) is 26.9. The fourth-order valence-electron chi connectivity index (χ4n) is 7.56. The molecular weight excluding hydrogens is 870 g/mol. The van der Waals surface area contributed by atoms with Crippen LogP contribution in [0.4, 0.5) is 40.1 Å². The van der Waals surface area contributed by atoms with Gasteiger partial charge in [-0.05, 0) is 65.1 Å². The molecule has 0 fully saturated rings. The van der Waals surface area contributed by atoms with Crippen LogP contribution in [0.3, 0.4) is 0 Å². The first-order valence-corrected chi connectivity index (χ1v) is 18.5. The summed E-state index contributed by atoms with van der Waals surface area (Å²) in [7, 11) is 0. The third kappa shape index (κ3) is 6.20. The van der Waals surface area contributed by atoms with Crippen molar-refractivity contribution in [3.8, 4) is 33.8 Å². The molecule has 0 saturated carbocycles. The van der Waals surface area contributed by atoms with Gasteiger partial charge in [0.1, 0.15) is 11.6 Å². The molecule has 0 atom stereocenters. The Hall–Kier alpha value is -6.23. The van der Waals surface area contributed by atoms with Crippen LogP contribution in [0.5, 0.6) is 11.5 Å². The molecule has 0 bridgehead atoms. The van der Waals surface area contributed by atoms with Crippen LogP contribution in [-0.4, -0.2) is 9.97 Å². The molecule has 6 aromatic carbocycles. The molecule has 6 nitrogen and oxygen atoms in total. The predicted molar refractivity (Wildman–Crippen MR) is 223 cm³/mol. The molecule has 56 heavy (non-hydrogen) atoms. The Morgan fingerprint density at radius 3 is 2.05 bits per heavy atom. The molecule has 276 valence electrons. The second-order valence-electron chi connectivity index (χ2n) is 14.8. The molecule has 2 aromatic heterocycles. The van der Waals surface area contributed by atoms with E-state index in [1.165, 1.54) is 5.56 Å². The Bertz CT molecular complexity index is 2760. The summed E-state index contributed by atoms with van der Waals surface area (Å²) in [6, 6.07) is 59.4. The average Bonchev–Trinajstić information content (AvgIpc) is 3.56. The molecule has 0 aliphatic carbocycles. The Kier molecular flexibility index (Phi) is 8.94.